The number of aromatic nitrogens is 2. The van der Waals surface area contributed by atoms with E-state index in [1.165, 1.54) is 0 Å². The predicted molar refractivity (Wildman–Crippen MR) is 84.5 cm³/mol. The molecule has 0 radical (unpaired) electrons. The van der Waals surface area contributed by atoms with Crippen LogP contribution in [0.25, 0.3) is 22.4 Å². The largest absolute Gasteiger partial charge is 0.497 e. The Bertz CT molecular complexity index is 757. The standard InChI is InChI=1S/C17H13ClN2O/c1-21-15-4-2-3-13(9-15)17-16(10-19-11-20-17)12-5-7-14(18)8-6-12/h2-11H,1H3. The molecular formula is C17H13ClN2O. The van der Waals surface area contributed by atoms with Crippen LogP contribution in [0.3, 0.4) is 0 Å². The molecule has 4 heteroatoms. The van der Waals surface area contributed by atoms with Crippen molar-refractivity contribution in [1.29, 1.82) is 0 Å². The van der Waals surface area contributed by atoms with Gasteiger partial charge < -0.3 is 4.74 Å². The highest BCUT2D eigenvalue weighted by Crippen LogP contribution is 2.31. The van der Waals surface area contributed by atoms with Crippen LogP contribution in [0.5, 0.6) is 5.75 Å². The summed E-state index contributed by atoms with van der Waals surface area (Å²) in [7, 11) is 1.65. The van der Waals surface area contributed by atoms with E-state index >= 15 is 0 Å². The van der Waals surface area contributed by atoms with E-state index in [0.29, 0.717) is 5.02 Å². The number of ether oxygens (including phenoxy) is 1. The smallest absolute Gasteiger partial charge is 0.119 e. The predicted octanol–water partition coefficient (Wildman–Crippen LogP) is 4.47. The maximum absolute atomic E-state index is 5.95. The van der Waals surface area contributed by atoms with Crippen molar-refractivity contribution >= 4 is 11.6 Å². The Morgan fingerprint density at radius 1 is 1.00 bits per heavy atom. The highest BCUT2D eigenvalue weighted by molar-refractivity contribution is 6.30. The first-order valence-corrected chi connectivity index (χ1v) is 6.86. The summed E-state index contributed by atoms with van der Waals surface area (Å²) >= 11 is 5.95. The molecule has 0 atom stereocenters. The van der Waals surface area contributed by atoms with Crippen molar-refractivity contribution in [3.8, 4) is 28.1 Å². The highest BCUT2D eigenvalue weighted by Gasteiger charge is 2.09. The Morgan fingerprint density at radius 2 is 1.81 bits per heavy atom. The normalized spacial score (nSPS) is 10.4. The molecule has 104 valence electrons. The van der Waals surface area contributed by atoms with E-state index in [-0.39, 0.29) is 0 Å². The fourth-order valence-corrected chi connectivity index (χ4v) is 2.30. The van der Waals surface area contributed by atoms with E-state index < -0.39 is 0 Å². The lowest BCUT2D eigenvalue weighted by Gasteiger charge is -2.09. The first-order chi connectivity index (χ1) is 10.3. The molecule has 3 rings (SSSR count). The summed E-state index contributed by atoms with van der Waals surface area (Å²) in [6.07, 6.45) is 3.36. The molecule has 0 aliphatic rings. The third-order valence-electron chi connectivity index (χ3n) is 3.21. The van der Waals surface area contributed by atoms with E-state index in [0.717, 1.165) is 28.1 Å². The van der Waals surface area contributed by atoms with Crippen molar-refractivity contribution in [2.45, 2.75) is 0 Å². The van der Waals surface area contributed by atoms with Gasteiger partial charge in [-0.25, -0.2) is 9.97 Å². The molecule has 0 spiro atoms. The van der Waals surface area contributed by atoms with Crippen LogP contribution >= 0.6 is 11.6 Å². The monoisotopic (exact) mass is 296 g/mol. The molecule has 1 aromatic heterocycles. The van der Waals surface area contributed by atoms with Gasteiger partial charge in [0.25, 0.3) is 0 Å². The maximum atomic E-state index is 5.95. The Kier molecular flexibility index (Phi) is 3.84. The second-order valence-corrected chi connectivity index (χ2v) is 4.96. The first kappa shape index (κ1) is 13.6. The van der Waals surface area contributed by atoms with E-state index in [9.17, 15) is 0 Å². The topological polar surface area (TPSA) is 35.0 Å². The summed E-state index contributed by atoms with van der Waals surface area (Å²) < 4.78 is 5.28. The molecule has 21 heavy (non-hydrogen) atoms. The quantitative estimate of drug-likeness (QED) is 0.715. The molecule has 0 bridgehead atoms. The molecule has 3 nitrogen and oxygen atoms in total. The molecule has 3 aromatic rings. The third kappa shape index (κ3) is 2.88. The molecular weight excluding hydrogens is 284 g/mol. The average Bonchev–Trinajstić information content (AvgIpc) is 2.56. The zero-order valence-corrected chi connectivity index (χ0v) is 12.2. The summed E-state index contributed by atoms with van der Waals surface area (Å²) in [5.41, 5.74) is 3.84. The van der Waals surface area contributed by atoms with E-state index in [1.807, 2.05) is 54.7 Å². The molecule has 0 aliphatic heterocycles. The van der Waals surface area contributed by atoms with Crippen molar-refractivity contribution in [2.24, 2.45) is 0 Å². The van der Waals surface area contributed by atoms with Gasteiger partial charge in [0.2, 0.25) is 0 Å². The molecule has 0 N–H and O–H groups in total. The number of nitrogens with zero attached hydrogens (tertiary/aromatic N) is 2. The summed E-state index contributed by atoms with van der Waals surface area (Å²) in [5, 5.41) is 0.707. The lowest BCUT2D eigenvalue weighted by atomic mass is 10.0. The van der Waals surface area contributed by atoms with Gasteiger partial charge in [-0.05, 0) is 29.8 Å². The molecule has 0 aliphatic carbocycles. The van der Waals surface area contributed by atoms with Crippen LogP contribution in [0, 0.1) is 0 Å². The second kappa shape index (κ2) is 5.94. The van der Waals surface area contributed by atoms with Gasteiger partial charge >= 0.3 is 0 Å². The number of halogens is 1. The number of rotatable bonds is 3. The zero-order chi connectivity index (χ0) is 14.7. The molecule has 0 saturated heterocycles. The molecule has 0 amide bonds. The van der Waals surface area contributed by atoms with Crippen molar-refractivity contribution < 1.29 is 4.74 Å². The maximum Gasteiger partial charge on any atom is 0.119 e. The van der Waals surface area contributed by atoms with Gasteiger partial charge in [-0.3, -0.25) is 0 Å². The summed E-state index contributed by atoms with van der Waals surface area (Å²) in [6.45, 7) is 0. The van der Waals surface area contributed by atoms with Crippen molar-refractivity contribution in [2.75, 3.05) is 7.11 Å². The van der Waals surface area contributed by atoms with E-state index in [4.69, 9.17) is 16.3 Å². The summed E-state index contributed by atoms with van der Waals surface area (Å²) in [6, 6.07) is 15.5. The summed E-state index contributed by atoms with van der Waals surface area (Å²) in [5.74, 6) is 0.799. The van der Waals surface area contributed by atoms with Gasteiger partial charge in [0.15, 0.2) is 0 Å². The minimum atomic E-state index is 0.707. The average molecular weight is 297 g/mol. The third-order valence-corrected chi connectivity index (χ3v) is 3.46. The Balaban J connectivity index is 2.13. The van der Waals surface area contributed by atoms with Crippen LogP contribution < -0.4 is 4.74 Å². The fraction of sp³-hybridized carbons (Fsp3) is 0.0588. The summed E-state index contributed by atoms with van der Waals surface area (Å²) in [4.78, 5) is 8.56. The fourth-order valence-electron chi connectivity index (χ4n) is 2.17. The lowest BCUT2D eigenvalue weighted by molar-refractivity contribution is 0.415. The number of benzene rings is 2. The van der Waals surface area contributed by atoms with Crippen molar-refractivity contribution in [3.05, 3.63) is 66.1 Å². The van der Waals surface area contributed by atoms with Crippen LogP contribution in [0.2, 0.25) is 5.02 Å². The lowest BCUT2D eigenvalue weighted by Crippen LogP contribution is -1.91. The molecule has 1 heterocycles. The number of methoxy groups -OCH3 is 1. The molecule has 0 fully saturated rings. The van der Waals surface area contributed by atoms with Crippen LogP contribution in [0.4, 0.5) is 0 Å². The van der Waals surface area contributed by atoms with E-state index in [1.54, 1.807) is 13.4 Å². The van der Waals surface area contributed by atoms with Crippen molar-refractivity contribution in [3.63, 3.8) is 0 Å². The molecule has 2 aromatic carbocycles. The number of hydrogen-bond donors (Lipinski definition) is 0. The number of hydrogen-bond acceptors (Lipinski definition) is 3. The Hall–Kier alpha value is -2.39. The SMILES string of the molecule is COc1cccc(-c2ncncc2-c2ccc(Cl)cc2)c1. The minimum Gasteiger partial charge on any atom is -0.497 e. The Morgan fingerprint density at radius 3 is 2.57 bits per heavy atom. The highest BCUT2D eigenvalue weighted by atomic mass is 35.5. The van der Waals surface area contributed by atoms with Gasteiger partial charge in [0.1, 0.15) is 12.1 Å². The van der Waals surface area contributed by atoms with Crippen LogP contribution in [-0.2, 0) is 0 Å². The first-order valence-electron chi connectivity index (χ1n) is 6.48. The minimum absolute atomic E-state index is 0.707. The zero-order valence-electron chi connectivity index (χ0n) is 11.5. The van der Waals surface area contributed by atoms with Crippen LogP contribution in [-0.4, -0.2) is 17.1 Å². The molecule has 0 saturated carbocycles. The van der Waals surface area contributed by atoms with Gasteiger partial charge in [0.05, 0.1) is 12.8 Å². The van der Waals surface area contributed by atoms with Gasteiger partial charge in [-0.15, -0.1) is 0 Å². The van der Waals surface area contributed by atoms with Crippen LogP contribution in [0.15, 0.2) is 61.1 Å². The van der Waals surface area contributed by atoms with Gasteiger partial charge in [-0.2, -0.15) is 0 Å². The Labute approximate surface area is 128 Å². The van der Waals surface area contributed by atoms with Crippen LogP contribution in [0.1, 0.15) is 0 Å². The van der Waals surface area contributed by atoms with Gasteiger partial charge in [0, 0.05) is 22.3 Å². The van der Waals surface area contributed by atoms with E-state index in [2.05, 4.69) is 9.97 Å². The van der Waals surface area contributed by atoms with Gasteiger partial charge in [-0.1, -0.05) is 35.9 Å². The van der Waals surface area contributed by atoms with Crippen molar-refractivity contribution in [1.82, 2.24) is 9.97 Å². The molecule has 0 unspecified atom stereocenters. The second-order valence-electron chi connectivity index (χ2n) is 4.52.